The number of rotatable bonds is 8. The molecule has 0 fully saturated rings. The smallest absolute Gasteiger partial charge is 0.422 e. The van der Waals surface area contributed by atoms with Crippen LogP contribution in [0.3, 0.4) is 0 Å². The van der Waals surface area contributed by atoms with Crippen LogP contribution in [0.2, 0.25) is 0 Å². The Kier molecular flexibility index (Phi) is 6.86. The van der Waals surface area contributed by atoms with Gasteiger partial charge in [-0.1, -0.05) is 18.2 Å². The first kappa shape index (κ1) is 22.6. The Hall–Kier alpha value is -3.05. The largest absolute Gasteiger partial charge is 0.484 e. The summed E-state index contributed by atoms with van der Waals surface area (Å²) in [5.74, 6) is -0.307. The summed E-state index contributed by atoms with van der Waals surface area (Å²) < 4.78 is 68.1. The van der Waals surface area contributed by atoms with E-state index in [1.54, 1.807) is 23.6 Å². The van der Waals surface area contributed by atoms with Gasteiger partial charge in [0.1, 0.15) is 9.96 Å². The van der Waals surface area contributed by atoms with Crippen LogP contribution in [0.5, 0.6) is 5.75 Å². The average molecular weight is 470 g/mol. The third kappa shape index (κ3) is 6.72. The lowest BCUT2D eigenvalue weighted by atomic mass is 10.2. The van der Waals surface area contributed by atoms with E-state index in [0.29, 0.717) is 16.8 Å². The first-order valence-electron chi connectivity index (χ1n) is 8.85. The normalized spacial score (nSPS) is 11.7. The van der Waals surface area contributed by atoms with Gasteiger partial charge in [0.2, 0.25) is 0 Å². The number of carbonyl (C=O) groups is 1. The Morgan fingerprint density at radius 3 is 2.26 bits per heavy atom. The molecule has 0 bridgehead atoms. The summed E-state index contributed by atoms with van der Waals surface area (Å²) in [5, 5.41) is 4.34. The van der Waals surface area contributed by atoms with Crippen molar-refractivity contribution in [3.8, 4) is 5.75 Å². The molecule has 3 rings (SSSR count). The Balaban J connectivity index is 1.53. The molecule has 1 amide bonds. The van der Waals surface area contributed by atoms with Crippen molar-refractivity contribution in [2.45, 2.75) is 16.9 Å². The molecule has 0 saturated heterocycles. The molecule has 11 heteroatoms. The van der Waals surface area contributed by atoms with Crippen LogP contribution in [-0.2, 0) is 16.6 Å². The third-order valence-electron chi connectivity index (χ3n) is 3.94. The maximum absolute atomic E-state index is 12.3. The highest BCUT2D eigenvalue weighted by Crippen LogP contribution is 2.21. The molecule has 0 radical (unpaired) electrons. The molecule has 0 unspecified atom stereocenters. The molecule has 6 nitrogen and oxygen atoms in total. The second-order valence-electron chi connectivity index (χ2n) is 6.35. The zero-order valence-electron chi connectivity index (χ0n) is 15.8. The molecule has 1 heterocycles. The van der Waals surface area contributed by atoms with Crippen molar-refractivity contribution >= 4 is 33.0 Å². The molecule has 0 spiro atoms. The fourth-order valence-electron chi connectivity index (χ4n) is 2.46. The molecule has 0 saturated carbocycles. The average Bonchev–Trinajstić information content (AvgIpc) is 3.27. The van der Waals surface area contributed by atoms with E-state index >= 15 is 0 Å². The van der Waals surface area contributed by atoms with Gasteiger partial charge in [0, 0.05) is 17.8 Å². The topological polar surface area (TPSA) is 84.5 Å². The van der Waals surface area contributed by atoms with E-state index in [-0.39, 0.29) is 22.4 Å². The fraction of sp³-hybridized carbons (Fsp3) is 0.150. The van der Waals surface area contributed by atoms with Gasteiger partial charge in [0.15, 0.2) is 6.61 Å². The van der Waals surface area contributed by atoms with Crippen LogP contribution in [0, 0.1) is 0 Å². The fourth-order valence-corrected chi connectivity index (χ4v) is 4.52. The predicted molar refractivity (Wildman–Crippen MR) is 111 cm³/mol. The van der Waals surface area contributed by atoms with Crippen molar-refractivity contribution in [3.05, 3.63) is 77.2 Å². The van der Waals surface area contributed by atoms with Crippen LogP contribution in [-0.4, -0.2) is 27.1 Å². The number of sulfonamides is 1. The van der Waals surface area contributed by atoms with Crippen molar-refractivity contribution in [2.75, 3.05) is 11.3 Å². The van der Waals surface area contributed by atoms with E-state index in [1.807, 2.05) is 0 Å². The van der Waals surface area contributed by atoms with Gasteiger partial charge in [0.05, 0.1) is 0 Å². The van der Waals surface area contributed by atoms with E-state index in [9.17, 15) is 26.4 Å². The number of nitrogens with one attached hydrogen (secondary N) is 2. The van der Waals surface area contributed by atoms with Crippen LogP contribution < -0.4 is 14.8 Å². The molecule has 31 heavy (non-hydrogen) atoms. The molecule has 2 N–H and O–H groups in total. The van der Waals surface area contributed by atoms with E-state index in [0.717, 1.165) is 11.3 Å². The predicted octanol–water partition coefficient (Wildman–Crippen LogP) is 4.42. The van der Waals surface area contributed by atoms with E-state index < -0.39 is 22.8 Å². The Morgan fingerprint density at radius 1 is 1.00 bits per heavy atom. The highest BCUT2D eigenvalue weighted by molar-refractivity contribution is 7.94. The standard InChI is InChI=1S/C20H17F3N2O4S2/c21-20(22,23)13-29-17-9-3-14(4-10-17)12-24-19(26)15-5-7-16(8-6-15)25-31(27,28)18-2-1-11-30-18/h1-11,25H,12-13H2,(H,24,26). The van der Waals surface area contributed by atoms with Crippen LogP contribution in [0.25, 0.3) is 0 Å². The monoisotopic (exact) mass is 470 g/mol. The molecule has 3 aromatic rings. The molecule has 0 aliphatic heterocycles. The summed E-state index contributed by atoms with van der Waals surface area (Å²) >= 11 is 1.09. The number of anilines is 1. The lowest BCUT2D eigenvalue weighted by Crippen LogP contribution is -2.22. The number of amides is 1. The summed E-state index contributed by atoms with van der Waals surface area (Å²) in [7, 11) is -3.67. The minimum Gasteiger partial charge on any atom is -0.484 e. The van der Waals surface area contributed by atoms with E-state index in [2.05, 4.69) is 14.8 Å². The van der Waals surface area contributed by atoms with Crippen LogP contribution >= 0.6 is 11.3 Å². The second kappa shape index (κ2) is 9.40. The molecular weight excluding hydrogens is 453 g/mol. The summed E-state index contributed by atoms with van der Waals surface area (Å²) in [4.78, 5) is 12.3. The van der Waals surface area contributed by atoms with Gasteiger partial charge in [-0.05, 0) is 53.4 Å². The maximum Gasteiger partial charge on any atom is 0.422 e. The molecule has 0 aliphatic carbocycles. The highest BCUT2D eigenvalue weighted by atomic mass is 32.2. The number of carbonyl (C=O) groups excluding carboxylic acids is 1. The molecule has 164 valence electrons. The van der Waals surface area contributed by atoms with Crippen molar-refractivity contribution in [2.24, 2.45) is 0 Å². The van der Waals surface area contributed by atoms with Gasteiger partial charge in [0.25, 0.3) is 15.9 Å². The third-order valence-corrected chi connectivity index (χ3v) is 6.72. The van der Waals surface area contributed by atoms with Gasteiger partial charge in [-0.15, -0.1) is 11.3 Å². The van der Waals surface area contributed by atoms with E-state index in [4.69, 9.17) is 0 Å². The first-order chi connectivity index (χ1) is 14.6. The summed E-state index contributed by atoms with van der Waals surface area (Å²) in [6, 6.07) is 14.9. The number of ether oxygens (including phenoxy) is 1. The lowest BCUT2D eigenvalue weighted by Gasteiger charge is -2.10. The summed E-state index contributed by atoms with van der Waals surface area (Å²) in [6.07, 6.45) is -4.41. The van der Waals surface area contributed by atoms with Crippen molar-refractivity contribution < 1.29 is 31.1 Å². The van der Waals surface area contributed by atoms with Gasteiger partial charge in [-0.3, -0.25) is 9.52 Å². The lowest BCUT2D eigenvalue weighted by molar-refractivity contribution is -0.153. The number of halogens is 3. The number of thiophene rings is 1. The number of hydrogen-bond acceptors (Lipinski definition) is 5. The molecule has 0 aliphatic rings. The Labute approximate surface area is 180 Å². The zero-order chi connectivity index (χ0) is 22.5. The van der Waals surface area contributed by atoms with Crippen molar-refractivity contribution in [1.29, 1.82) is 0 Å². The van der Waals surface area contributed by atoms with E-state index in [1.165, 1.54) is 42.5 Å². The van der Waals surface area contributed by atoms with Crippen molar-refractivity contribution in [3.63, 3.8) is 0 Å². The number of benzene rings is 2. The van der Waals surface area contributed by atoms with Crippen molar-refractivity contribution in [1.82, 2.24) is 5.32 Å². The number of alkyl halides is 3. The van der Waals surface area contributed by atoms with Crippen LogP contribution in [0.4, 0.5) is 18.9 Å². The minimum absolute atomic E-state index is 0.0768. The highest BCUT2D eigenvalue weighted by Gasteiger charge is 2.28. The summed E-state index contributed by atoms with van der Waals surface area (Å²) in [6.45, 7) is -1.21. The molecule has 1 aromatic heterocycles. The minimum atomic E-state index is -4.41. The van der Waals surface area contributed by atoms with Gasteiger partial charge < -0.3 is 10.1 Å². The van der Waals surface area contributed by atoms with Crippen LogP contribution in [0.15, 0.2) is 70.3 Å². The quantitative estimate of drug-likeness (QED) is 0.511. The van der Waals surface area contributed by atoms with Gasteiger partial charge in [-0.2, -0.15) is 13.2 Å². The first-order valence-corrected chi connectivity index (χ1v) is 11.2. The maximum atomic E-state index is 12.3. The zero-order valence-corrected chi connectivity index (χ0v) is 17.5. The summed E-state index contributed by atoms with van der Waals surface area (Å²) in [5.41, 5.74) is 1.32. The molecule has 2 aromatic carbocycles. The molecule has 0 atom stereocenters. The van der Waals surface area contributed by atoms with Crippen LogP contribution in [0.1, 0.15) is 15.9 Å². The van der Waals surface area contributed by atoms with Gasteiger partial charge in [-0.25, -0.2) is 8.42 Å². The van der Waals surface area contributed by atoms with Gasteiger partial charge >= 0.3 is 6.18 Å². The Morgan fingerprint density at radius 2 is 1.68 bits per heavy atom. The SMILES string of the molecule is O=C(NCc1ccc(OCC(F)(F)F)cc1)c1ccc(NS(=O)(=O)c2cccs2)cc1. The number of hydrogen-bond donors (Lipinski definition) is 2. The second-order valence-corrected chi connectivity index (χ2v) is 9.20. The Bertz CT molecular complexity index is 1110. The molecular formula is C20H17F3N2O4S2.